The zero-order valence-corrected chi connectivity index (χ0v) is 13.3. The van der Waals surface area contributed by atoms with E-state index in [1.165, 1.54) is 12.8 Å². The third-order valence-corrected chi connectivity index (χ3v) is 4.31. The first-order valence-corrected chi connectivity index (χ1v) is 7.71. The molecule has 2 rings (SSSR count). The quantitative estimate of drug-likeness (QED) is 0.814. The van der Waals surface area contributed by atoms with Gasteiger partial charge in [-0.3, -0.25) is 0 Å². The van der Waals surface area contributed by atoms with Crippen LogP contribution in [0.15, 0.2) is 18.3 Å². The van der Waals surface area contributed by atoms with E-state index in [1.807, 2.05) is 26.0 Å². The van der Waals surface area contributed by atoms with E-state index in [2.05, 4.69) is 25.8 Å². The van der Waals surface area contributed by atoms with Crippen molar-refractivity contribution in [3.8, 4) is 11.6 Å². The summed E-state index contributed by atoms with van der Waals surface area (Å²) in [6, 6.07) is 3.84. The zero-order valence-electron chi connectivity index (χ0n) is 13.3. The third-order valence-electron chi connectivity index (χ3n) is 4.31. The molecule has 1 heterocycles. The van der Waals surface area contributed by atoms with Gasteiger partial charge in [0, 0.05) is 6.07 Å². The molecule has 3 nitrogen and oxygen atoms in total. The number of hydrogen-bond acceptors (Lipinski definition) is 3. The Morgan fingerprint density at radius 2 is 2.00 bits per heavy atom. The lowest BCUT2D eigenvalue weighted by Crippen LogP contribution is -2.44. The minimum atomic E-state index is -0.106. The van der Waals surface area contributed by atoms with Crippen LogP contribution in [0.5, 0.6) is 11.6 Å². The lowest BCUT2D eigenvalue weighted by atomic mass is 9.73. The van der Waals surface area contributed by atoms with Crippen LogP contribution in [0.4, 0.5) is 0 Å². The van der Waals surface area contributed by atoms with Crippen molar-refractivity contribution in [2.45, 2.75) is 65.6 Å². The second-order valence-electron chi connectivity index (χ2n) is 6.70. The maximum absolute atomic E-state index is 6.22. The molecule has 1 fully saturated rings. The van der Waals surface area contributed by atoms with Crippen molar-refractivity contribution in [2.75, 3.05) is 0 Å². The molecular formula is C17H27NO2. The number of aromatic nitrogens is 1. The Bertz CT molecular complexity index is 429. The van der Waals surface area contributed by atoms with E-state index in [9.17, 15) is 0 Å². The van der Waals surface area contributed by atoms with Crippen LogP contribution >= 0.6 is 0 Å². The van der Waals surface area contributed by atoms with Gasteiger partial charge in [0.1, 0.15) is 11.4 Å². The maximum Gasteiger partial charge on any atom is 0.213 e. The van der Waals surface area contributed by atoms with Crippen molar-refractivity contribution in [1.82, 2.24) is 4.98 Å². The fourth-order valence-electron chi connectivity index (χ4n) is 2.99. The van der Waals surface area contributed by atoms with Crippen LogP contribution < -0.4 is 9.47 Å². The highest BCUT2D eigenvalue weighted by molar-refractivity contribution is 5.23. The number of pyridine rings is 1. The first kappa shape index (κ1) is 15.1. The second kappa shape index (κ2) is 6.02. The average Bonchev–Trinajstić information content (AvgIpc) is 2.36. The van der Waals surface area contributed by atoms with Crippen LogP contribution in [0.3, 0.4) is 0 Å². The lowest BCUT2D eigenvalue weighted by Gasteiger charge is -2.42. The fraction of sp³-hybridized carbons (Fsp3) is 0.706. The van der Waals surface area contributed by atoms with E-state index in [-0.39, 0.29) is 11.7 Å². The van der Waals surface area contributed by atoms with Gasteiger partial charge < -0.3 is 9.47 Å². The molecule has 112 valence electrons. The molecule has 1 aliphatic carbocycles. The molecule has 0 spiro atoms. The summed E-state index contributed by atoms with van der Waals surface area (Å²) >= 11 is 0. The maximum atomic E-state index is 6.22. The van der Waals surface area contributed by atoms with E-state index >= 15 is 0 Å². The molecule has 0 saturated heterocycles. The summed E-state index contributed by atoms with van der Waals surface area (Å²) in [5.74, 6) is 2.78. The van der Waals surface area contributed by atoms with E-state index < -0.39 is 0 Å². The molecule has 0 bridgehead atoms. The van der Waals surface area contributed by atoms with Gasteiger partial charge in [-0.05, 0) is 51.5 Å². The van der Waals surface area contributed by atoms with Crippen LogP contribution in [0.1, 0.15) is 53.9 Å². The first-order chi connectivity index (χ1) is 9.39. The van der Waals surface area contributed by atoms with Crippen molar-refractivity contribution in [1.29, 1.82) is 0 Å². The Morgan fingerprint density at radius 3 is 2.60 bits per heavy atom. The van der Waals surface area contributed by atoms with E-state index in [4.69, 9.17) is 9.47 Å². The van der Waals surface area contributed by atoms with Crippen molar-refractivity contribution in [3.05, 3.63) is 18.3 Å². The molecule has 1 unspecified atom stereocenters. The topological polar surface area (TPSA) is 31.4 Å². The molecule has 3 heteroatoms. The number of hydrogen-bond donors (Lipinski definition) is 0. The molecule has 0 aromatic carbocycles. The SMILES string of the molecule is CC(C)Oc1ccc(OC2(C)C[C@H](C)CC[C@@H]2C)nc1. The third kappa shape index (κ3) is 3.65. The van der Waals surface area contributed by atoms with Crippen molar-refractivity contribution < 1.29 is 9.47 Å². The molecule has 1 saturated carbocycles. The molecule has 1 aromatic heterocycles. The first-order valence-electron chi connectivity index (χ1n) is 7.71. The van der Waals surface area contributed by atoms with Gasteiger partial charge in [0.2, 0.25) is 5.88 Å². The molecule has 0 aliphatic heterocycles. The molecule has 3 atom stereocenters. The van der Waals surface area contributed by atoms with Crippen LogP contribution in [0.2, 0.25) is 0 Å². The summed E-state index contributed by atoms with van der Waals surface area (Å²) in [6.07, 6.45) is 5.54. The average molecular weight is 277 g/mol. The Labute approximate surface area is 122 Å². The largest absolute Gasteiger partial charge is 0.489 e. The smallest absolute Gasteiger partial charge is 0.213 e. The van der Waals surface area contributed by atoms with Crippen LogP contribution in [-0.2, 0) is 0 Å². The molecule has 1 aliphatic rings. The number of rotatable bonds is 4. The number of nitrogens with zero attached hydrogens (tertiary/aromatic N) is 1. The lowest BCUT2D eigenvalue weighted by molar-refractivity contribution is -0.0205. The van der Waals surface area contributed by atoms with Crippen molar-refractivity contribution >= 4 is 0 Å². The minimum absolute atomic E-state index is 0.106. The van der Waals surface area contributed by atoms with Gasteiger partial charge in [0.25, 0.3) is 0 Å². The Kier molecular flexibility index (Phi) is 4.56. The van der Waals surface area contributed by atoms with E-state index in [0.717, 1.165) is 18.1 Å². The van der Waals surface area contributed by atoms with Gasteiger partial charge in [0.15, 0.2) is 0 Å². The summed E-state index contributed by atoms with van der Waals surface area (Å²) in [7, 11) is 0. The van der Waals surface area contributed by atoms with Crippen LogP contribution in [0, 0.1) is 11.8 Å². The van der Waals surface area contributed by atoms with Crippen molar-refractivity contribution in [3.63, 3.8) is 0 Å². The van der Waals surface area contributed by atoms with Gasteiger partial charge in [-0.15, -0.1) is 0 Å². The summed E-state index contributed by atoms with van der Waals surface area (Å²) in [5.41, 5.74) is -0.106. The Balaban J connectivity index is 2.05. The van der Waals surface area contributed by atoms with E-state index in [1.54, 1.807) is 6.20 Å². The molecule has 0 N–H and O–H groups in total. The summed E-state index contributed by atoms with van der Waals surface area (Å²) < 4.78 is 11.8. The van der Waals surface area contributed by atoms with Crippen LogP contribution in [0.25, 0.3) is 0 Å². The molecule has 20 heavy (non-hydrogen) atoms. The molecule has 1 aromatic rings. The fourth-order valence-corrected chi connectivity index (χ4v) is 2.99. The normalized spacial score (nSPS) is 30.3. The Morgan fingerprint density at radius 1 is 1.25 bits per heavy atom. The molecule has 0 radical (unpaired) electrons. The highest BCUT2D eigenvalue weighted by Gasteiger charge is 2.38. The molecule has 0 amide bonds. The highest BCUT2D eigenvalue weighted by atomic mass is 16.5. The second-order valence-corrected chi connectivity index (χ2v) is 6.70. The van der Waals surface area contributed by atoms with Gasteiger partial charge in [-0.25, -0.2) is 4.98 Å². The van der Waals surface area contributed by atoms with E-state index in [0.29, 0.717) is 11.8 Å². The summed E-state index contributed by atoms with van der Waals surface area (Å²) in [6.45, 7) is 10.8. The van der Waals surface area contributed by atoms with Gasteiger partial charge >= 0.3 is 0 Å². The van der Waals surface area contributed by atoms with Gasteiger partial charge in [-0.2, -0.15) is 0 Å². The standard InChI is InChI=1S/C17H27NO2/c1-12(2)19-15-8-9-16(18-11-15)20-17(5)10-13(3)6-7-14(17)4/h8-9,11-14H,6-7,10H2,1-5H3/t13-,14+,17?/m1/s1. The monoisotopic (exact) mass is 277 g/mol. The van der Waals surface area contributed by atoms with Crippen molar-refractivity contribution in [2.24, 2.45) is 11.8 Å². The summed E-state index contributed by atoms with van der Waals surface area (Å²) in [5, 5.41) is 0. The predicted molar refractivity (Wildman–Crippen MR) is 81.2 cm³/mol. The molecular weight excluding hydrogens is 250 g/mol. The van der Waals surface area contributed by atoms with Gasteiger partial charge in [0.05, 0.1) is 12.3 Å². The summed E-state index contributed by atoms with van der Waals surface area (Å²) in [4.78, 5) is 4.38. The minimum Gasteiger partial charge on any atom is -0.489 e. The predicted octanol–water partition coefficient (Wildman–Crippen LogP) is 4.46. The zero-order chi connectivity index (χ0) is 14.8. The number of ether oxygens (including phenoxy) is 2. The van der Waals surface area contributed by atoms with Gasteiger partial charge in [-0.1, -0.05) is 20.3 Å². The highest BCUT2D eigenvalue weighted by Crippen LogP contribution is 2.39. The van der Waals surface area contributed by atoms with Crippen LogP contribution in [-0.4, -0.2) is 16.7 Å². The Hall–Kier alpha value is -1.25.